The van der Waals surface area contributed by atoms with Gasteiger partial charge in [0.05, 0.1) is 4.34 Å². The Bertz CT molecular complexity index is 682. The van der Waals surface area contributed by atoms with Crippen LogP contribution in [0.3, 0.4) is 0 Å². The molecule has 1 atom stereocenters. The number of carbonyl (C=O) groups excluding carboxylic acids is 2. The van der Waals surface area contributed by atoms with Crippen LogP contribution >= 0.6 is 22.9 Å². The maximum absolute atomic E-state index is 12.4. The van der Waals surface area contributed by atoms with Gasteiger partial charge in [0.2, 0.25) is 6.10 Å². The Morgan fingerprint density at radius 2 is 1.91 bits per heavy atom. The zero-order chi connectivity index (χ0) is 15.5. The summed E-state index contributed by atoms with van der Waals surface area (Å²) >= 11 is 6.96. The van der Waals surface area contributed by atoms with Gasteiger partial charge in [0, 0.05) is 11.6 Å². The highest BCUT2D eigenvalue weighted by atomic mass is 35.5. The standard InChI is InChI=1S/C16H14ClNO3S/c17-13-9-8-12(22-13)16(20)21-14(10-4-2-1-3-5-10)15(19)18-11-6-7-11/h1-5,8-9,11,14H,6-7H2,(H,18,19)/t14-/m1/s1. The Kier molecular flexibility index (Phi) is 4.45. The maximum atomic E-state index is 12.4. The fourth-order valence-electron chi connectivity index (χ4n) is 1.99. The van der Waals surface area contributed by atoms with Crippen LogP contribution in [0.25, 0.3) is 0 Å². The third-order valence-corrected chi connectivity index (χ3v) is 4.47. The van der Waals surface area contributed by atoms with Crippen molar-refractivity contribution in [1.82, 2.24) is 5.32 Å². The second-order valence-electron chi connectivity index (χ2n) is 5.08. The van der Waals surface area contributed by atoms with Crippen LogP contribution in [0.1, 0.15) is 34.2 Å². The van der Waals surface area contributed by atoms with Crippen molar-refractivity contribution in [1.29, 1.82) is 0 Å². The smallest absolute Gasteiger partial charge is 0.349 e. The summed E-state index contributed by atoms with van der Waals surface area (Å²) in [5, 5.41) is 2.88. The zero-order valence-electron chi connectivity index (χ0n) is 11.6. The number of halogens is 1. The average Bonchev–Trinajstić information content (AvgIpc) is 3.23. The van der Waals surface area contributed by atoms with E-state index in [1.54, 1.807) is 24.3 Å². The minimum atomic E-state index is -0.949. The van der Waals surface area contributed by atoms with Crippen molar-refractivity contribution in [3.05, 3.63) is 57.2 Å². The van der Waals surface area contributed by atoms with Crippen LogP contribution in [0, 0.1) is 0 Å². The molecule has 22 heavy (non-hydrogen) atoms. The van der Waals surface area contributed by atoms with E-state index in [2.05, 4.69) is 5.32 Å². The molecule has 1 aromatic heterocycles. The minimum Gasteiger partial charge on any atom is -0.443 e. The lowest BCUT2D eigenvalue weighted by molar-refractivity contribution is -0.130. The SMILES string of the molecule is O=C(O[C@@H](C(=O)NC1CC1)c1ccccc1)c1ccc(Cl)s1. The van der Waals surface area contributed by atoms with Crippen LogP contribution in [-0.2, 0) is 9.53 Å². The summed E-state index contributed by atoms with van der Waals surface area (Å²) in [5.74, 6) is -0.832. The predicted octanol–water partition coefficient (Wildman–Crippen LogP) is 3.58. The summed E-state index contributed by atoms with van der Waals surface area (Å²) in [7, 11) is 0. The molecule has 2 aromatic rings. The molecule has 1 aliphatic carbocycles. The van der Waals surface area contributed by atoms with Crippen molar-refractivity contribution in [2.75, 3.05) is 0 Å². The molecule has 1 amide bonds. The van der Waals surface area contributed by atoms with Crippen LogP contribution < -0.4 is 5.32 Å². The van der Waals surface area contributed by atoms with E-state index >= 15 is 0 Å². The molecule has 6 heteroatoms. The van der Waals surface area contributed by atoms with Crippen LogP contribution in [0.5, 0.6) is 0 Å². The van der Waals surface area contributed by atoms with E-state index in [9.17, 15) is 9.59 Å². The average molecular weight is 336 g/mol. The second kappa shape index (κ2) is 6.50. The quantitative estimate of drug-likeness (QED) is 0.850. The van der Waals surface area contributed by atoms with Crippen molar-refractivity contribution < 1.29 is 14.3 Å². The molecular formula is C16H14ClNO3S. The molecule has 0 spiro atoms. The van der Waals surface area contributed by atoms with E-state index in [4.69, 9.17) is 16.3 Å². The second-order valence-corrected chi connectivity index (χ2v) is 6.80. The van der Waals surface area contributed by atoms with Crippen molar-refractivity contribution in [2.45, 2.75) is 25.0 Å². The van der Waals surface area contributed by atoms with Gasteiger partial charge >= 0.3 is 5.97 Å². The number of ether oxygens (including phenoxy) is 1. The molecule has 1 aliphatic rings. The molecule has 3 rings (SSSR count). The highest BCUT2D eigenvalue weighted by Crippen LogP contribution is 2.27. The van der Waals surface area contributed by atoms with Crippen LogP contribution in [0.4, 0.5) is 0 Å². The lowest BCUT2D eigenvalue weighted by Crippen LogP contribution is -2.33. The summed E-state index contributed by atoms with van der Waals surface area (Å²) in [6.07, 6.45) is 0.999. The van der Waals surface area contributed by atoms with E-state index in [1.165, 1.54) is 0 Å². The highest BCUT2D eigenvalue weighted by molar-refractivity contribution is 7.17. The number of benzene rings is 1. The van der Waals surface area contributed by atoms with E-state index in [-0.39, 0.29) is 11.9 Å². The van der Waals surface area contributed by atoms with Gasteiger partial charge in [-0.3, -0.25) is 4.79 Å². The van der Waals surface area contributed by atoms with Crippen molar-refractivity contribution in [3.8, 4) is 0 Å². The van der Waals surface area contributed by atoms with Crippen molar-refractivity contribution in [3.63, 3.8) is 0 Å². The van der Waals surface area contributed by atoms with E-state index in [0.717, 1.165) is 24.2 Å². The maximum Gasteiger partial charge on any atom is 0.349 e. The van der Waals surface area contributed by atoms with E-state index < -0.39 is 12.1 Å². The lowest BCUT2D eigenvalue weighted by Gasteiger charge is -2.17. The van der Waals surface area contributed by atoms with Gasteiger partial charge in [0.15, 0.2) is 0 Å². The van der Waals surface area contributed by atoms with Crippen molar-refractivity contribution in [2.24, 2.45) is 0 Å². The first-order valence-corrected chi connectivity index (χ1v) is 8.14. The number of carbonyl (C=O) groups is 2. The van der Waals surface area contributed by atoms with Gasteiger partial charge in [0.1, 0.15) is 4.88 Å². The lowest BCUT2D eigenvalue weighted by atomic mass is 10.1. The number of amides is 1. The molecule has 1 aromatic carbocycles. The third kappa shape index (κ3) is 3.67. The molecule has 0 aliphatic heterocycles. The van der Waals surface area contributed by atoms with Gasteiger partial charge in [-0.1, -0.05) is 41.9 Å². The number of hydrogen-bond acceptors (Lipinski definition) is 4. The number of hydrogen-bond donors (Lipinski definition) is 1. The van der Waals surface area contributed by atoms with Gasteiger partial charge in [-0.25, -0.2) is 4.79 Å². The summed E-state index contributed by atoms with van der Waals surface area (Å²) in [6.45, 7) is 0. The molecule has 1 heterocycles. The summed E-state index contributed by atoms with van der Waals surface area (Å²) in [4.78, 5) is 24.9. The molecular weight excluding hydrogens is 322 g/mol. The summed E-state index contributed by atoms with van der Waals surface area (Å²) in [6, 6.07) is 12.4. The van der Waals surface area contributed by atoms with Crippen LogP contribution in [0.2, 0.25) is 4.34 Å². The monoisotopic (exact) mass is 335 g/mol. The molecule has 0 radical (unpaired) electrons. The van der Waals surface area contributed by atoms with Crippen LogP contribution in [0.15, 0.2) is 42.5 Å². The van der Waals surface area contributed by atoms with E-state index in [1.807, 2.05) is 18.2 Å². The molecule has 0 saturated heterocycles. The topological polar surface area (TPSA) is 55.4 Å². The zero-order valence-corrected chi connectivity index (χ0v) is 13.2. The normalized spacial score (nSPS) is 15.1. The molecule has 1 fully saturated rings. The van der Waals surface area contributed by atoms with Gasteiger partial charge in [-0.15, -0.1) is 11.3 Å². The third-order valence-electron chi connectivity index (χ3n) is 3.26. The van der Waals surface area contributed by atoms with Gasteiger partial charge in [-0.2, -0.15) is 0 Å². The molecule has 114 valence electrons. The molecule has 0 unspecified atom stereocenters. The predicted molar refractivity (Wildman–Crippen MR) is 85.1 cm³/mol. The first-order chi connectivity index (χ1) is 10.6. The number of rotatable bonds is 5. The Labute approximate surface area is 137 Å². The van der Waals surface area contributed by atoms with Crippen molar-refractivity contribution >= 4 is 34.8 Å². The number of thiophene rings is 1. The van der Waals surface area contributed by atoms with Gasteiger partial charge in [0.25, 0.3) is 5.91 Å². The molecule has 1 saturated carbocycles. The Balaban J connectivity index is 1.78. The number of esters is 1. The first kappa shape index (κ1) is 15.1. The molecule has 1 N–H and O–H groups in total. The fourth-order valence-corrected chi connectivity index (χ4v) is 2.92. The highest BCUT2D eigenvalue weighted by Gasteiger charge is 2.31. The van der Waals surface area contributed by atoms with Gasteiger partial charge < -0.3 is 10.1 Å². The Hall–Kier alpha value is -1.85. The fraction of sp³-hybridized carbons (Fsp3) is 0.250. The van der Waals surface area contributed by atoms with E-state index in [0.29, 0.717) is 14.8 Å². The molecule has 0 bridgehead atoms. The van der Waals surface area contributed by atoms with Gasteiger partial charge in [-0.05, 0) is 25.0 Å². The summed E-state index contributed by atoms with van der Waals surface area (Å²) < 4.78 is 5.93. The van der Waals surface area contributed by atoms with Crippen LogP contribution in [-0.4, -0.2) is 17.9 Å². The minimum absolute atomic E-state index is 0.202. The first-order valence-electron chi connectivity index (χ1n) is 6.95. The Morgan fingerprint density at radius 1 is 1.18 bits per heavy atom. The Morgan fingerprint density at radius 3 is 2.50 bits per heavy atom. The number of nitrogens with one attached hydrogen (secondary N) is 1. The molecule has 4 nitrogen and oxygen atoms in total. The summed E-state index contributed by atoms with van der Waals surface area (Å²) in [5.41, 5.74) is 0.650. The largest absolute Gasteiger partial charge is 0.443 e.